The third-order valence-electron chi connectivity index (χ3n) is 6.12. The van der Waals surface area contributed by atoms with Crippen molar-refractivity contribution in [2.45, 2.75) is 83.8 Å². The molecule has 0 radical (unpaired) electrons. The molecule has 2 aliphatic heterocycles. The summed E-state index contributed by atoms with van der Waals surface area (Å²) in [5.41, 5.74) is 1.48. The molecule has 11 nitrogen and oxygen atoms in total. The number of nitrogens with zero attached hydrogens (tertiary/aromatic N) is 7. The van der Waals surface area contributed by atoms with E-state index in [-0.39, 0.29) is 17.1 Å². The van der Waals surface area contributed by atoms with Gasteiger partial charge in [0.1, 0.15) is 17.5 Å². The maximum absolute atomic E-state index is 12.7. The number of nitrogens with one attached hydrogen (secondary N) is 3. The fourth-order valence-electron chi connectivity index (χ4n) is 5.13. The molecule has 1 unspecified atom stereocenters. The highest BCUT2D eigenvalue weighted by molar-refractivity contribution is 5.64. The maximum Gasteiger partial charge on any atom is 0.366 e. The average molecular weight is 515 g/mol. The van der Waals surface area contributed by atoms with Crippen molar-refractivity contribution >= 4 is 23.1 Å². The summed E-state index contributed by atoms with van der Waals surface area (Å²) in [7, 11) is 0. The zero-order valence-corrected chi connectivity index (χ0v) is 21.5. The van der Waals surface area contributed by atoms with Crippen molar-refractivity contribution in [3.8, 4) is 6.07 Å². The highest BCUT2D eigenvalue weighted by Gasteiger charge is 2.38. The number of benzene rings is 1. The smallest absolute Gasteiger partial charge is 0.366 e. The van der Waals surface area contributed by atoms with Gasteiger partial charge in [-0.15, -0.1) is 5.17 Å². The fraction of sp³-hybridized carbons (Fsp3) is 0.542. The third kappa shape index (κ3) is 6.39. The SMILES string of the molecule is CCC1N(OC(F)F)N=NN1c1cccc(Nc2ncc(C#N)c(NC3CC(C)(C)NC(C)(C)C3)n2)c1. The Morgan fingerprint density at radius 1 is 1.22 bits per heavy atom. The van der Waals surface area contributed by atoms with E-state index in [1.54, 1.807) is 18.2 Å². The molecule has 1 saturated heterocycles. The van der Waals surface area contributed by atoms with Gasteiger partial charge in [-0.1, -0.05) is 13.0 Å². The van der Waals surface area contributed by atoms with Crippen LogP contribution in [0.5, 0.6) is 0 Å². The molecule has 1 atom stereocenters. The van der Waals surface area contributed by atoms with Crippen molar-refractivity contribution in [1.29, 1.82) is 5.26 Å². The number of aromatic nitrogens is 2. The van der Waals surface area contributed by atoms with Gasteiger partial charge in [0.15, 0.2) is 6.17 Å². The van der Waals surface area contributed by atoms with Gasteiger partial charge in [0.25, 0.3) is 0 Å². The summed E-state index contributed by atoms with van der Waals surface area (Å²) < 4.78 is 25.4. The summed E-state index contributed by atoms with van der Waals surface area (Å²) in [5, 5.41) is 29.9. The van der Waals surface area contributed by atoms with Crippen LogP contribution in [0.15, 0.2) is 40.9 Å². The maximum atomic E-state index is 12.7. The van der Waals surface area contributed by atoms with Crippen LogP contribution in [0.1, 0.15) is 59.4 Å². The Hall–Kier alpha value is -3.63. The van der Waals surface area contributed by atoms with Gasteiger partial charge in [-0.3, -0.25) is 0 Å². The molecule has 37 heavy (non-hydrogen) atoms. The Morgan fingerprint density at radius 2 is 1.95 bits per heavy atom. The number of piperidine rings is 1. The minimum absolute atomic E-state index is 0.0695. The van der Waals surface area contributed by atoms with Gasteiger partial charge in [-0.05, 0) is 75.6 Å². The second kappa shape index (κ2) is 10.4. The lowest BCUT2D eigenvalue weighted by atomic mass is 9.79. The molecule has 2 aromatic rings. The van der Waals surface area contributed by atoms with Gasteiger partial charge in [0, 0.05) is 22.8 Å². The van der Waals surface area contributed by atoms with Gasteiger partial charge in [-0.25, -0.2) is 9.99 Å². The Morgan fingerprint density at radius 3 is 2.59 bits per heavy atom. The minimum Gasteiger partial charge on any atom is -0.366 e. The molecule has 0 aliphatic carbocycles. The van der Waals surface area contributed by atoms with Crippen LogP contribution in [0, 0.1) is 11.3 Å². The lowest BCUT2D eigenvalue weighted by molar-refractivity contribution is -0.295. The third-order valence-corrected chi connectivity index (χ3v) is 6.12. The topological polar surface area (TPSA) is 126 Å². The number of nitriles is 1. The van der Waals surface area contributed by atoms with Crippen LogP contribution < -0.4 is 21.0 Å². The first-order chi connectivity index (χ1) is 17.5. The predicted octanol–water partition coefficient (Wildman–Crippen LogP) is 5.11. The lowest BCUT2D eigenvalue weighted by Gasteiger charge is -2.46. The molecule has 0 bridgehead atoms. The van der Waals surface area contributed by atoms with Gasteiger partial charge in [0.2, 0.25) is 5.95 Å². The van der Waals surface area contributed by atoms with E-state index in [4.69, 9.17) is 0 Å². The molecule has 1 aromatic carbocycles. The van der Waals surface area contributed by atoms with Crippen LogP contribution in [-0.4, -0.2) is 45.0 Å². The number of alkyl halides is 2. The monoisotopic (exact) mass is 514 g/mol. The van der Waals surface area contributed by atoms with Crippen LogP contribution >= 0.6 is 0 Å². The normalized spacial score (nSPS) is 20.8. The molecular formula is C24H32F2N10O. The average Bonchev–Trinajstić information content (AvgIpc) is 3.19. The highest BCUT2D eigenvalue weighted by atomic mass is 19.3. The van der Waals surface area contributed by atoms with E-state index in [1.807, 2.05) is 13.0 Å². The number of hydrogen-bond donors (Lipinski definition) is 3. The van der Waals surface area contributed by atoms with E-state index in [9.17, 15) is 14.0 Å². The van der Waals surface area contributed by atoms with Gasteiger partial charge in [0.05, 0.1) is 11.9 Å². The van der Waals surface area contributed by atoms with Crippen molar-refractivity contribution in [3.05, 3.63) is 36.0 Å². The molecule has 3 heterocycles. The van der Waals surface area contributed by atoms with E-state index in [1.165, 1.54) is 11.2 Å². The Bertz CT molecular complexity index is 1170. The van der Waals surface area contributed by atoms with Crippen molar-refractivity contribution in [2.75, 3.05) is 15.6 Å². The van der Waals surface area contributed by atoms with Gasteiger partial charge >= 0.3 is 6.61 Å². The fourth-order valence-corrected chi connectivity index (χ4v) is 5.13. The first-order valence-corrected chi connectivity index (χ1v) is 12.1. The summed E-state index contributed by atoms with van der Waals surface area (Å²) in [6.07, 6.45) is 3.04. The molecule has 1 fully saturated rings. The second-order valence-electron chi connectivity index (χ2n) is 10.5. The van der Waals surface area contributed by atoms with Crippen LogP contribution in [-0.2, 0) is 4.84 Å². The second-order valence-corrected chi connectivity index (χ2v) is 10.5. The van der Waals surface area contributed by atoms with Crippen LogP contribution in [0.25, 0.3) is 0 Å². The first-order valence-electron chi connectivity index (χ1n) is 12.1. The summed E-state index contributed by atoms with van der Waals surface area (Å²) in [5.74, 6) is 0.776. The molecular weight excluding hydrogens is 482 g/mol. The molecule has 3 N–H and O–H groups in total. The lowest BCUT2D eigenvalue weighted by Crippen LogP contribution is -2.60. The Balaban J connectivity index is 1.52. The molecule has 198 valence electrons. The largest absolute Gasteiger partial charge is 0.366 e. The van der Waals surface area contributed by atoms with Gasteiger partial charge in [-0.2, -0.15) is 23.9 Å². The molecule has 4 rings (SSSR count). The molecule has 13 heteroatoms. The number of halogens is 2. The summed E-state index contributed by atoms with van der Waals surface area (Å²) in [4.78, 5) is 13.3. The van der Waals surface area contributed by atoms with Crippen molar-refractivity contribution in [1.82, 2.24) is 20.5 Å². The predicted molar refractivity (Wildman–Crippen MR) is 135 cm³/mol. The molecule has 2 aliphatic rings. The molecule has 0 saturated carbocycles. The summed E-state index contributed by atoms with van der Waals surface area (Å²) in [6.45, 7) is 7.47. The first kappa shape index (κ1) is 26.4. The zero-order valence-electron chi connectivity index (χ0n) is 21.5. The quantitative estimate of drug-likeness (QED) is 0.441. The minimum atomic E-state index is -3.00. The molecule has 0 amide bonds. The van der Waals surface area contributed by atoms with E-state index >= 15 is 0 Å². The Kier molecular flexibility index (Phi) is 7.42. The van der Waals surface area contributed by atoms with Crippen LogP contribution in [0.3, 0.4) is 0 Å². The summed E-state index contributed by atoms with van der Waals surface area (Å²) in [6, 6.07) is 9.45. The van der Waals surface area contributed by atoms with E-state index < -0.39 is 12.8 Å². The number of hydrogen-bond acceptors (Lipinski definition) is 11. The number of anilines is 4. The van der Waals surface area contributed by atoms with Crippen molar-refractivity contribution in [3.63, 3.8) is 0 Å². The van der Waals surface area contributed by atoms with E-state index in [0.29, 0.717) is 35.1 Å². The van der Waals surface area contributed by atoms with E-state index in [2.05, 4.69) is 75.0 Å². The molecule has 1 aromatic heterocycles. The Labute approximate surface area is 214 Å². The van der Waals surface area contributed by atoms with Gasteiger partial charge < -0.3 is 16.0 Å². The van der Waals surface area contributed by atoms with E-state index in [0.717, 1.165) is 18.0 Å². The number of rotatable bonds is 8. The standard InChI is InChI=1S/C24H32F2N10O/c1-6-19-35(33-34-36(19)37-21(25)26)18-9-7-8-16(10-18)30-22-28-14-15(13-27)20(31-22)29-17-11-23(2,3)32-24(4,5)12-17/h7-10,14,17,19,21,32H,6,11-12H2,1-5H3,(H2,28,29,30,31). The highest BCUT2D eigenvalue weighted by Crippen LogP contribution is 2.32. The zero-order chi connectivity index (χ0) is 26.8. The van der Waals surface area contributed by atoms with Crippen molar-refractivity contribution in [2.24, 2.45) is 10.4 Å². The van der Waals surface area contributed by atoms with Crippen molar-refractivity contribution < 1.29 is 13.6 Å². The summed E-state index contributed by atoms with van der Waals surface area (Å²) >= 11 is 0. The molecule has 0 spiro atoms. The number of hydroxylamine groups is 1. The van der Waals surface area contributed by atoms with Crippen LogP contribution in [0.2, 0.25) is 0 Å². The van der Waals surface area contributed by atoms with Crippen LogP contribution in [0.4, 0.5) is 31.9 Å².